The van der Waals surface area contributed by atoms with Crippen molar-refractivity contribution in [3.63, 3.8) is 0 Å². The van der Waals surface area contributed by atoms with Crippen molar-refractivity contribution < 1.29 is 18.9 Å². The predicted octanol–water partition coefficient (Wildman–Crippen LogP) is 0.0623. The minimum absolute atomic E-state index is 0.117. The molecule has 4 amide bonds. The van der Waals surface area contributed by atoms with Gasteiger partial charge in [0, 0.05) is 32.1 Å². The number of imide groups is 1. The smallest absolute Gasteiger partial charge is 0.338 e. The Kier molecular flexibility index (Phi) is 6.18. The van der Waals surface area contributed by atoms with Gasteiger partial charge in [0.15, 0.2) is 5.82 Å². The molecule has 0 saturated carbocycles. The zero-order valence-electron chi connectivity index (χ0n) is 17.4. The lowest BCUT2D eigenvalue weighted by Gasteiger charge is -2.33. The molecule has 0 spiro atoms. The van der Waals surface area contributed by atoms with Crippen LogP contribution in [-0.2, 0) is 16.1 Å². The molecule has 2 aliphatic heterocycles. The van der Waals surface area contributed by atoms with Gasteiger partial charge in [-0.25, -0.2) is 4.79 Å². The van der Waals surface area contributed by atoms with Crippen LogP contribution >= 0.6 is 0 Å². The molecule has 2 aliphatic rings. The standard InChI is InChI=1S/C18H29N7O4/c1-5-18(4)16(27)25(17(28)20-18)21-13(26)10-23-6-8-24(9-7-23)11-14-19-15(12(2)3)22-29-14/h12H,5-11H2,1-4H3,(H,20,28)(H,21,26). The second-order valence-corrected chi connectivity index (χ2v) is 8.04. The predicted molar refractivity (Wildman–Crippen MR) is 102 cm³/mol. The van der Waals surface area contributed by atoms with Crippen molar-refractivity contribution in [1.29, 1.82) is 0 Å². The minimum Gasteiger partial charge on any atom is -0.338 e. The van der Waals surface area contributed by atoms with E-state index in [0.29, 0.717) is 37.8 Å². The van der Waals surface area contributed by atoms with Crippen LogP contribution in [0.15, 0.2) is 4.52 Å². The lowest BCUT2D eigenvalue weighted by Crippen LogP contribution is -2.53. The quantitative estimate of drug-likeness (QED) is 0.608. The first-order chi connectivity index (χ1) is 13.7. The molecule has 1 unspecified atom stereocenters. The van der Waals surface area contributed by atoms with Gasteiger partial charge in [-0.3, -0.25) is 24.8 Å². The van der Waals surface area contributed by atoms with Crippen molar-refractivity contribution in [3.05, 3.63) is 11.7 Å². The maximum atomic E-state index is 12.3. The minimum atomic E-state index is -0.972. The molecule has 29 heavy (non-hydrogen) atoms. The molecule has 1 aromatic heterocycles. The zero-order valence-corrected chi connectivity index (χ0v) is 17.4. The number of hydrogen-bond donors (Lipinski definition) is 2. The number of urea groups is 1. The zero-order chi connectivity index (χ0) is 21.2. The largest absolute Gasteiger partial charge is 0.344 e. The molecular formula is C18H29N7O4. The van der Waals surface area contributed by atoms with Crippen LogP contribution in [-0.4, -0.2) is 81.1 Å². The molecule has 0 bridgehead atoms. The van der Waals surface area contributed by atoms with E-state index in [1.807, 2.05) is 18.7 Å². The van der Waals surface area contributed by atoms with Gasteiger partial charge in [-0.05, 0) is 13.3 Å². The Bertz CT molecular complexity index is 772. The monoisotopic (exact) mass is 407 g/mol. The van der Waals surface area contributed by atoms with Crippen LogP contribution in [0.5, 0.6) is 0 Å². The average molecular weight is 407 g/mol. The Balaban J connectivity index is 1.44. The summed E-state index contributed by atoms with van der Waals surface area (Å²) < 4.78 is 5.28. The van der Waals surface area contributed by atoms with Crippen molar-refractivity contribution in [3.8, 4) is 0 Å². The van der Waals surface area contributed by atoms with Crippen molar-refractivity contribution in [2.75, 3.05) is 32.7 Å². The second kappa shape index (κ2) is 8.46. The molecule has 3 heterocycles. The number of carbonyl (C=O) groups is 3. The van der Waals surface area contributed by atoms with Gasteiger partial charge >= 0.3 is 6.03 Å². The molecule has 1 atom stereocenters. The number of carbonyl (C=O) groups excluding carboxylic acids is 3. The highest BCUT2D eigenvalue weighted by Crippen LogP contribution is 2.19. The fourth-order valence-corrected chi connectivity index (χ4v) is 3.25. The third-order valence-electron chi connectivity index (χ3n) is 5.40. The molecule has 11 heteroatoms. The summed E-state index contributed by atoms with van der Waals surface area (Å²) in [5.74, 6) is 0.694. The first kappa shape index (κ1) is 21.2. The second-order valence-electron chi connectivity index (χ2n) is 8.04. The molecular weight excluding hydrogens is 378 g/mol. The maximum Gasteiger partial charge on any atom is 0.344 e. The van der Waals surface area contributed by atoms with Crippen LogP contribution in [0.3, 0.4) is 0 Å². The molecule has 2 saturated heterocycles. The van der Waals surface area contributed by atoms with Gasteiger partial charge in [0.25, 0.3) is 11.8 Å². The number of nitrogens with zero attached hydrogens (tertiary/aromatic N) is 5. The summed E-state index contributed by atoms with van der Waals surface area (Å²) in [6.07, 6.45) is 0.449. The Morgan fingerprint density at radius 2 is 1.90 bits per heavy atom. The van der Waals surface area contributed by atoms with Crippen molar-refractivity contribution in [1.82, 2.24) is 35.7 Å². The molecule has 3 rings (SSSR count). The van der Waals surface area contributed by atoms with Crippen LogP contribution in [0.4, 0.5) is 4.79 Å². The number of hydrazine groups is 1. The summed E-state index contributed by atoms with van der Waals surface area (Å²) in [5, 5.41) is 7.36. The van der Waals surface area contributed by atoms with E-state index in [2.05, 4.69) is 25.8 Å². The van der Waals surface area contributed by atoms with Gasteiger partial charge in [-0.15, -0.1) is 0 Å². The summed E-state index contributed by atoms with van der Waals surface area (Å²) >= 11 is 0. The maximum absolute atomic E-state index is 12.3. The third-order valence-corrected chi connectivity index (χ3v) is 5.40. The first-order valence-electron chi connectivity index (χ1n) is 9.95. The molecule has 0 aromatic carbocycles. The van der Waals surface area contributed by atoms with E-state index >= 15 is 0 Å². The van der Waals surface area contributed by atoms with Crippen LogP contribution in [0.1, 0.15) is 51.7 Å². The van der Waals surface area contributed by atoms with Gasteiger partial charge in [-0.1, -0.05) is 25.9 Å². The molecule has 2 N–H and O–H groups in total. The fourth-order valence-electron chi connectivity index (χ4n) is 3.25. The highest BCUT2D eigenvalue weighted by Gasteiger charge is 2.47. The van der Waals surface area contributed by atoms with E-state index in [1.54, 1.807) is 13.8 Å². The van der Waals surface area contributed by atoms with Gasteiger partial charge in [0.2, 0.25) is 5.89 Å². The Hall–Kier alpha value is -2.53. The van der Waals surface area contributed by atoms with E-state index in [1.165, 1.54) is 0 Å². The van der Waals surface area contributed by atoms with E-state index in [-0.39, 0.29) is 18.4 Å². The van der Waals surface area contributed by atoms with Crippen molar-refractivity contribution in [2.24, 2.45) is 0 Å². The van der Waals surface area contributed by atoms with Crippen LogP contribution in [0.2, 0.25) is 0 Å². The number of nitrogens with one attached hydrogen (secondary N) is 2. The van der Waals surface area contributed by atoms with Crippen molar-refractivity contribution in [2.45, 2.75) is 52.1 Å². The number of piperazine rings is 1. The number of aromatic nitrogens is 2. The van der Waals surface area contributed by atoms with Crippen molar-refractivity contribution >= 4 is 17.8 Å². The van der Waals surface area contributed by atoms with Crippen LogP contribution in [0, 0.1) is 0 Å². The molecule has 0 radical (unpaired) electrons. The van der Waals surface area contributed by atoms with Crippen LogP contribution < -0.4 is 10.7 Å². The fraction of sp³-hybridized carbons (Fsp3) is 0.722. The molecule has 2 fully saturated rings. The molecule has 1 aromatic rings. The van der Waals surface area contributed by atoms with Gasteiger partial charge < -0.3 is 9.84 Å². The lowest BCUT2D eigenvalue weighted by atomic mass is 10.00. The van der Waals surface area contributed by atoms with Gasteiger partial charge in [0.1, 0.15) is 5.54 Å². The Morgan fingerprint density at radius 1 is 1.24 bits per heavy atom. The number of amides is 4. The first-order valence-corrected chi connectivity index (χ1v) is 9.95. The summed E-state index contributed by atoms with van der Waals surface area (Å²) in [5.41, 5.74) is 1.45. The summed E-state index contributed by atoms with van der Waals surface area (Å²) in [6.45, 7) is 11.1. The average Bonchev–Trinajstić information content (AvgIpc) is 3.23. The SMILES string of the molecule is CCC1(C)NC(=O)N(NC(=O)CN2CCN(Cc3nc(C(C)C)no3)CC2)C1=O. The van der Waals surface area contributed by atoms with E-state index in [9.17, 15) is 14.4 Å². The number of rotatable bonds is 7. The van der Waals surface area contributed by atoms with Gasteiger partial charge in [-0.2, -0.15) is 9.99 Å². The summed E-state index contributed by atoms with van der Waals surface area (Å²) in [7, 11) is 0. The summed E-state index contributed by atoms with van der Waals surface area (Å²) in [4.78, 5) is 45.2. The topological polar surface area (TPSA) is 124 Å². The van der Waals surface area contributed by atoms with Gasteiger partial charge in [0.05, 0.1) is 13.1 Å². The van der Waals surface area contributed by atoms with E-state index < -0.39 is 17.5 Å². The normalized spacial score (nSPS) is 23.7. The molecule has 160 valence electrons. The Morgan fingerprint density at radius 3 is 2.45 bits per heavy atom. The molecule has 0 aliphatic carbocycles. The van der Waals surface area contributed by atoms with Crippen LogP contribution in [0.25, 0.3) is 0 Å². The molecule has 11 nitrogen and oxygen atoms in total. The Labute approximate surface area is 169 Å². The van der Waals surface area contributed by atoms with E-state index in [4.69, 9.17) is 4.52 Å². The lowest BCUT2D eigenvalue weighted by molar-refractivity contribution is -0.139. The number of hydrogen-bond acceptors (Lipinski definition) is 8. The van der Waals surface area contributed by atoms with E-state index in [0.717, 1.165) is 18.1 Å². The highest BCUT2D eigenvalue weighted by molar-refractivity contribution is 6.07. The summed E-state index contributed by atoms with van der Waals surface area (Å²) in [6, 6.07) is -0.599. The highest BCUT2D eigenvalue weighted by atomic mass is 16.5. The third kappa shape index (κ3) is 4.73.